The van der Waals surface area contributed by atoms with E-state index in [0.29, 0.717) is 12.3 Å². The summed E-state index contributed by atoms with van der Waals surface area (Å²) in [5, 5.41) is 0. The van der Waals surface area contributed by atoms with E-state index in [2.05, 4.69) is 41.0 Å². The van der Waals surface area contributed by atoms with Crippen LogP contribution in [0.2, 0.25) is 0 Å². The van der Waals surface area contributed by atoms with Crippen LogP contribution in [0.15, 0.2) is 54.6 Å². The average molecular weight is 422 g/mol. The van der Waals surface area contributed by atoms with Crippen LogP contribution in [0.4, 0.5) is 5.69 Å². The van der Waals surface area contributed by atoms with Crippen molar-refractivity contribution in [2.24, 2.45) is 0 Å². The van der Waals surface area contributed by atoms with Gasteiger partial charge in [-0.2, -0.15) is 0 Å². The van der Waals surface area contributed by atoms with Crippen LogP contribution in [0.3, 0.4) is 0 Å². The number of piperazine rings is 1. The number of hydrogen-bond donors (Lipinski definition) is 0. The standard InChI is InChI=1S/C25H31N3O3/c1-2-3-17-31-22-11-9-21(10-12-22)28-24(29)18-23(25(28)30)27-15-13-26(14-16-27)19-20-7-5-4-6-8-20/h4-12,23H,2-3,13-19H2,1H3/t23-/m1/s1. The molecule has 1 atom stereocenters. The maximum absolute atomic E-state index is 13.1. The Hall–Kier alpha value is -2.70. The second-order valence-electron chi connectivity index (χ2n) is 8.28. The predicted molar refractivity (Wildman–Crippen MR) is 121 cm³/mol. The molecule has 31 heavy (non-hydrogen) atoms. The third-order valence-electron chi connectivity index (χ3n) is 6.08. The lowest BCUT2D eigenvalue weighted by atomic mass is 10.1. The van der Waals surface area contributed by atoms with Crippen LogP contribution in [0.1, 0.15) is 31.7 Å². The van der Waals surface area contributed by atoms with E-state index in [1.165, 1.54) is 10.5 Å². The van der Waals surface area contributed by atoms with Crippen LogP contribution >= 0.6 is 0 Å². The molecule has 0 spiro atoms. The van der Waals surface area contributed by atoms with Crippen LogP contribution in [-0.2, 0) is 16.1 Å². The highest BCUT2D eigenvalue weighted by Crippen LogP contribution is 2.28. The van der Waals surface area contributed by atoms with Crippen molar-refractivity contribution in [1.82, 2.24) is 9.80 Å². The molecule has 0 aliphatic carbocycles. The van der Waals surface area contributed by atoms with Gasteiger partial charge in [0.2, 0.25) is 5.91 Å². The molecular weight excluding hydrogens is 390 g/mol. The van der Waals surface area contributed by atoms with Gasteiger partial charge in [0.1, 0.15) is 5.75 Å². The molecule has 164 valence electrons. The Morgan fingerprint density at radius 1 is 0.935 bits per heavy atom. The molecule has 0 bridgehead atoms. The monoisotopic (exact) mass is 421 g/mol. The molecule has 2 fully saturated rings. The van der Waals surface area contributed by atoms with Crippen LogP contribution in [0.5, 0.6) is 5.75 Å². The third-order valence-corrected chi connectivity index (χ3v) is 6.08. The molecule has 0 aromatic heterocycles. The van der Waals surface area contributed by atoms with Crippen LogP contribution < -0.4 is 9.64 Å². The summed E-state index contributed by atoms with van der Waals surface area (Å²) in [5.74, 6) is 0.532. The number of amides is 2. The summed E-state index contributed by atoms with van der Waals surface area (Å²) < 4.78 is 5.69. The lowest BCUT2D eigenvalue weighted by Crippen LogP contribution is -2.52. The average Bonchev–Trinajstić information content (AvgIpc) is 3.10. The fourth-order valence-electron chi connectivity index (χ4n) is 4.27. The fourth-order valence-corrected chi connectivity index (χ4v) is 4.27. The summed E-state index contributed by atoms with van der Waals surface area (Å²) in [5.41, 5.74) is 1.93. The van der Waals surface area contributed by atoms with E-state index in [1.807, 2.05) is 18.2 Å². The molecule has 0 N–H and O–H groups in total. The van der Waals surface area contributed by atoms with Crippen molar-refractivity contribution in [2.45, 2.75) is 38.8 Å². The summed E-state index contributed by atoms with van der Waals surface area (Å²) >= 11 is 0. The second kappa shape index (κ2) is 10.1. The molecule has 2 heterocycles. The van der Waals surface area contributed by atoms with Crippen molar-refractivity contribution in [3.05, 3.63) is 60.2 Å². The first-order valence-electron chi connectivity index (χ1n) is 11.3. The lowest BCUT2D eigenvalue weighted by molar-refractivity contribution is -0.123. The lowest BCUT2D eigenvalue weighted by Gasteiger charge is -2.37. The van der Waals surface area contributed by atoms with Gasteiger partial charge in [0.05, 0.1) is 24.8 Å². The smallest absolute Gasteiger partial charge is 0.251 e. The molecule has 2 aliphatic heterocycles. The molecule has 2 aromatic rings. The number of unbranched alkanes of at least 4 members (excludes halogenated alkanes) is 1. The van der Waals surface area contributed by atoms with Gasteiger partial charge in [0.25, 0.3) is 5.91 Å². The molecule has 4 rings (SSSR count). The summed E-state index contributed by atoms with van der Waals surface area (Å²) in [4.78, 5) is 31.7. The molecule has 0 radical (unpaired) electrons. The maximum Gasteiger partial charge on any atom is 0.251 e. The molecule has 2 amide bonds. The minimum absolute atomic E-state index is 0.110. The minimum atomic E-state index is -0.355. The number of hydrogen-bond acceptors (Lipinski definition) is 5. The van der Waals surface area contributed by atoms with Gasteiger partial charge in [-0.05, 0) is 36.2 Å². The normalized spacial score (nSPS) is 20.4. The van der Waals surface area contributed by atoms with Crippen LogP contribution in [0, 0.1) is 0 Å². The minimum Gasteiger partial charge on any atom is -0.494 e. The zero-order chi connectivity index (χ0) is 21.6. The third kappa shape index (κ3) is 5.14. The van der Waals surface area contributed by atoms with Crippen LogP contribution in [-0.4, -0.2) is 60.4 Å². The number of carbonyl (C=O) groups is 2. The molecule has 2 aliphatic rings. The maximum atomic E-state index is 13.1. The van der Waals surface area contributed by atoms with Gasteiger partial charge in [-0.15, -0.1) is 0 Å². The van der Waals surface area contributed by atoms with Crippen molar-refractivity contribution in [3.8, 4) is 5.75 Å². The predicted octanol–water partition coefficient (Wildman–Crippen LogP) is 3.32. The summed E-state index contributed by atoms with van der Waals surface area (Å²) in [6, 6.07) is 17.4. The Morgan fingerprint density at radius 3 is 2.32 bits per heavy atom. The molecule has 6 nitrogen and oxygen atoms in total. The van der Waals surface area contributed by atoms with Gasteiger partial charge >= 0.3 is 0 Å². The number of carbonyl (C=O) groups excluding carboxylic acids is 2. The van der Waals surface area contributed by atoms with E-state index in [-0.39, 0.29) is 24.3 Å². The van der Waals surface area contributed by atoms with Gasteiger partial charge < -0.3 is 4.74 Å². The Labute approximate surface area is 184 Å². The van der Waals surface area contributed by atoms with E-state index in [4.69, 9.17) is 4.74 Å². The molecular formula is C25H31N3O3. The van der Waals surface area contributed by atoms with E-state index in [1.54, 1.807) is 12.1 Å². The first-order valence-corrected chi connectivity index (χ1v) is 11.3. The van der Waals surface area contributed by atoms with Crippen molar-refractivity contribution in [1.29, 1.82) is 0 Å². The number of nitrogens with zero attached hydrogens (tertiary/aromatic N) is 3. The summed E-state index contributed by atoms with van der Waals surface area (Å²) in [6.07, 6.45) is 2.34. The van der Waals surface area contributed by atoms with Gasteiger partial charge in [-0.1, -0.05) is 43.7 Å². The van der Waals surface area contributed by atoms with Gasteiger partial charge in [-0.3, -0.25) is 19.4 Å². The van der Waals surface area contributed by atoms with Crippen molar-refractivity contribution < 1.29 is 14.3 Å². The van der Waals surface area contributed by atoms with Gasteiger partial charge in [0, 0.05) is 32.7 Å². The van der Waals surface area contributed by atoms with Crippen molar-refractivity contribution >= 4 is 17.5 Å². The number of anilines is 1. The molecule has 2 saturated heterocycles. The molecule has 6 heteroatoms. The van der Waals surface area contributed by atoms with E-state index in [0.717, 1.165) is 51.3 Å². The zero-order valence-corrected chi connectivity index (χ0v) is 18.2. The Kier molecular flexibility index (Phi) is 6.99. The highest BCUT2D eigenvalue weighted by molar-refractivity contribution is 6.22. The van der Waals surface area contributed by atoms with Gasteiger partial charge in [0.15, 0.2) is 0 Å². The number of rotatable bonds is 8. The van der Waals surface area contributed by atoms with Gasteiger partial charge in [-0.25, -0.2) is 4.90 Å². The SMILES string of the molecule is CCCCOc1ccc(N2C(=O)C[C@@H](N3CCN(Cc4ccccc4)CC3)C2=O)cc1. The molecule has 2 aromatic carbocycles. The number of benzene rings is 2. The second-order valence-corrected chi connectivity index (χ2v) is 8.28. The quantitative estimate of drug-likeness (QED) is 0.484. The number of imide groups is 1. The Morgan fingerprint density at radius 2 is 1.65 bits per heavy atom. The molecule has 0 unspecified atom stereocenters. The van der Waals surface area contributed by atoms with Crippen molar-refractivity contribution in [3.63, 3.8) is 0 Å². The number of ether oxygens (including phenoxy) is 1. The summed E-state index contributed by atoms with van der Waals surface area (Å²) in [7, 11) is 0. The van der Waals surface area contributed by atoms with Crippen LogP contribution in [0.25, 0.3) is 0 Å². The zero-order valence-electron chi connectivity index (χ0n) is 18.2. The summed E-state index contributed by atoms with van der Waals surface area (Å²) in [6.45, 7) is 7.12. The first-order chi connectivity index (χ1) is 15.2. The molecule has 0 saturated carbocycles. The van der Waals surface area contributed by atoms with Crippen molar-refractivity contribution in [2.75, 3.05) is 37.7 Å². The Balaban J connectivity index is 1.33. The van der Waals surface area contributed by atoms with E-state index >= 15 is 0 Å². The highest BCUT2D eigenvalue weighted by atomic mass is 16.5. The highest BCUT2D eigenvalue weighted by Gasteiger charge is 2.43. The van der Waals surface area contributed by atoms with E-state index in [9.17, 15) is 9.59 Å². The fraction of sp³-hybridized carbons (Fsp3) is 0.440. The first kappa shape index (κ1) is 21.5. The topological polar surface area (TPSA) is 53.1 Å². The largest absolute Gasteiger partial charge is 0.494 e. The van der Waals surface area contributed by atoms with E-state index < -0.39 is 0 Å². The Bertz CT molecular complexity index is 877.